The summed E-state index contributed by atoms with van der Waals surface area (Å²) in [5, 5.41) is 8.89. The van der Waals surface area contributed by atoms with Crippen LogP contribution in [0.5, 0.6) is 5.75 Å². The lowest BCUT2D eigenvalue weighted by Gasteiger charge is -1.99. The third-order valence-electron chi connectivity index (χ3n) is 1.46. The quantitative estimate of drug-likeness (QED) is 0.665. The van der Waals surface area contributed by atoms with Gasteiger partial charge < -0.3 is 5.11 Å². The van der Waals surface area contributed by atoms with E-state index in [9.17, 15) is 9.59 Å². The van der Waals surface area contributed by atoms with Gasteiger partial charge in [0.05, 0.1) is 0 Å². The van der Waals surface area contributed by atoms with Gasteiger partial charge >= 0.3 is 0 Å². The lowest BCUT2D eigenvalue weighted by atomic mass is 10.0. The van der Waals surface area contributed by atoms with E-state index in [-0.39, 0.29) is 5.75 Å². The summed E-state index contributed by atoms with van der Waals surface area (Å²) in [6, 6.07) is 5.76. The number of phenols is 1. The van der Waals surface area contributed by atoms with E-state index in [1.807, 2.05) is 0 Å². The van der Waals surface area contributed by atoms with Gasteiger partial charge in [0, 0.05) is 0 Å². The standard InChI is InChI=1S/C9H6O3/c10-5-8(6-11)7-1-3-9(12)4-2-7/h1-4,8,12H. The van der Waals surface area contributed by atoms with Gasteiger partial charge in [-0.3, -0.25) is 9.59 Å². The van der Waals surface area contributed by atoms with Crippen molar-refractivity contribution in [2.75, 3.05) is 0 Å². The van der Waals surface area contributed by atoms with E-state index in [1.165, 1.54) is 36.8 Å². The Kier molecular flexibility index (Phi) is 2.58. The number of hydrogen-bond acceptors (Lipinski definition) is 3. The molecule has 3 heteroatoms. The molecule has 0 aliphatic carbocycles. The Hall–Kier alpha value is -1.64. The van der Waals surface area contributed by atoms with Gasteiger partial charge in [0.2, 0.25) is 12.6 Å². The minimum absolute atomic E-state index is 0.0919. The third-order valence-corrected chi connectivity index (χ3v) is 1.46. The summed E-state index contributed by atoms with van der Waals surface area (Å²) in [5.41, 5.74) is 0.484. The fourth-order valence-electron chi connectivity index (χ4n) is 0.827. The highest BCUT2D eigenvalue weighted by Crippen LogP contribution is 2.15. The molecule has 0 aliphatic rings. The SMILES string of the molecule is O=[C]C([C]=O)c1ccc(O)cc1. The second-order valence-corrected chi connectivity index (χ2v) is 2.26. The van der Waals surface area contributed by atoms with Crippen molar-refractivity contribution in [3.63, 3.8) is 0 Å². The molecule has 1 N–H and O–H groups in total. The smallest absolute Gasteiger partial charge is 0.214 e. The molecule has 0 saturated heterocycles. The fourth-order valence-corrected chi connectivity index (χ4v) is 0.827. The zero-order chi connectivity index (χ0) is 8.97. The van der Waals surface area contributed by atoms with Crippen LogP contribution in [0, 0.1) is 0 Å². The number of phenolic OH excluding ortho intramolecular Hbond substituents is 1. The molecule has 0 aliphatic heterocycles. The topological polar surface area (TPSA) is 54.4 Å². The molecule has 0 heterocycles. The third kappa shape index (κ3) is 1.69. The lowest BCUT2D eigenvalue weighted by Crippen LogP contribution is -2.00. The van der Waals surface area contributed by atoms with Crippen molar-refractivity contribution in [2.45, 2.75) is 5.92 Å². The van der Waals surface area contributed by atoms with Crippen LogP contribution in [0.4, 0.5) is 0 Å². The Bertz CT molecular complexity index is 268. The molecule has 12 heavy (non-hydrogen) atoms. The molecule has 60 valence electrons. The Balaban J connectivity index is 2.94. The monoisotopic (exact) mass is 162 g/mol. The van der Waals surface area contributed by atoms with E-state index < -0.39 is 5.92 Å². The van der Waals surface area contributed by atoms with Crippen molar-refractivity contribution < 1.29 is 14.7 Å². The summed E-state index contributed by atoms with van der Waals surface area (Å²) in [5.74, 6) is -0.875. The predicted molar refractivity (Wildman–Crippen MR) is 42.2 cm³/mol. The van der Waals surface area contributed by atoms with E-state index in [0.717, 1.165) is 0 Å². The molecule has 1 aromatic rings. The van der Waals surface area contributed by atoms with Crippen LogP contribution in [0.1, 0.15) is 11.5 Å². The highest BCUT2D eigenvalue weighted by atomic mass is 16.3. The summed E-state index contributed by atoms with van der Waals surface area (Å²) in [7, 11) is 0. The highest BCUT2D eigenvalue weighted by Gasteiger charge is 2.10. The molecule has 2 radical (unpaired) electrons. The van der Waals surface area contributed by atoms with Crippen LogP contribution in [-0.2, 0) is 9.59 Å². The minimum Gasteiger partial charge on any atom is -0.508 e. The van der Waals surface area contributed by atoms with Gasteiger partial charge in [0.15, 0.2) is 0 Å². The molecule has 0 fully saturated rings. The Morgan fingerprint density at radius 3 is 2.00 bits per heavy atom. The molecule has 0 unspecified atom stereocenters. The first kappa shape index (κ1) is 8.46. The summed E-state index contributed by atoms with van der Waals surface area (Å²) in [6.07, 6.45) is 3.06. The summed E-state index contributed by atoms with van der Waals surface area (Å²) in [6.45, 7) is 0. The van der Waals surface area contributed by atoms with Gasteiger partial charge in [-0.25, -0.2) is 0 Å². The molecule has 1 rings (SSSR count). The van der Waals surface area contributed by atoms with Gasteiger partial charge in [-0.2, -0.15) is 0 Å². The first-order valence-electron chi connectivity index (χ1n) is 3.32. The van der Waals surface area contributed by atoms with Crippen molar-refractivity contribution in [3.8, 4) is 5.75 Å². The molecule has 0 spiro atoms. The minimum atomic E-state index is -0.967. The van der Waals surface area contributed by atoms with Gasteiger partial charge in [0.25, 0.3) is 0 Å². The van der Waals surface area contributed by atoms with Gasteiger partial charge in [-0.1, -0.05) is 12.1 Å². The molecule has 0 bridgehead atoms. The van der Waals surface area contributed by atoms with E-state index in [0.29, 0.717) is 5.56 Å². The van der Waals surface area contributed by atoms with Crippen molar-refractivity contribution >= 4 is 12.6 Å². The molecular weight excluding hydrogens is 156 g/mol. The van der Waals surface area contributed by atoms with Crippen LogP contribution in [0.25, 0.3) is 0 Å². The van der Waals surface area contributed by atoms with Crippen LogP contribution in [0.15, 0.2) is 24.3 Å². The second kappa shape index (κ2) is 3.67. The first-order chi connectivity index (χ1) is 5.77. The Morgan fingerprint density at radius 2 is 1.58 bits per heavy atom. The predicted octanol–water partition coefficient (Wildman–Crippen LogP) is 0.695. The fraction of sp³-hybridized carbons (Fsp3) is 0.111. The van der Waals surface area contributed by atoms with Crippen molar-refractivity contribution in [3.05, 3.63) is 29.8 Å². The van der Waals surface area contributed by atoms with Gasteiger partial charge in [-0.05, 0) is 17.7 Å². The van der Waals surface area contributed by atoms with E-state index in [2.05, 4.69) is 0 Å². The molecule has 0 atom stereocenters. The maximum Gasteiger partial charge on any atom is 0.214 e. The molecule has 1 aromatic carbocycles. The molecule has 0 aromatic heterocycles. The summed E-state index contributed by atoms with van der Waals surface area (Å²) in [4.78, 5) is 20.3. The normalized spacial score (nSPS) is 9.75. The van der Waals surface area contributed by atoms with Crippen LogP contribution >= 0.6 is 0 Å². The largest absolute Gasteiger partial charge is 0.508 e. The number of aromatic hydroxyl groups is 1. The van der Waals surface area contributed by atoms with Crippen LogP contribution in [-0.4, -0.2) is 17.7 Å². The molecular formula is C9H6O3. The maximum absolute atomic E-state index is 10.2. The van der Waals surface area contributed by atoms with E-state index in [4.69, 9.17) is 5.11 Å². The van der Waals surface area contributed by atoms with Gasteiger partial charge in [0.1, 0.15) is 11.7 Å². The summed E-state index contributed by atoms with van der Waals surface area (Å²) < 4.78 is 0. The first-order valence-corrected chi connectivity index (χ1v) is 3.32. The zero-order valence-corrected chi connectivity index (χ0v) is 6.15. The van der Waals surface area contributed by atoms with Crippen molar-refractivity contribution in [2.24, 2.45) is 0 Å². The number of hydrogen-bond donors (Lipinski definition) is 1. The van der Waals surface area contributed by atoms with E-state index in [1.54, 1.807) is 0 Å². The van der Waals surface area contributed by atoms with Gasteiger partial charge in [-0.15, -0.1) is 0 Å². The lowest BCUT2D eigenvalue weighted by molar-refractivity contribution is 0.475. The average molecular weight is 162 g/mol. The summed E-state index contributed by atoms with van der Waals surface area (Å²) >= 11 is 0. The van der Waals surface area contributed by atoms with Crippen LogP contribution < -0.4 is 0 Å². The van der Waals surface area contributed by atoms with Crippen LogP contribution in [0.2, 0.25) is 0 Å². The van der Waals surface area contributed by atoms with Crippen molar-refractivity contribution in [1.29, 1.82) is 0 Å². The Morgan fingerprint density at radius 1 is 1.08 bits per heavy atom. The van der Waals surface area contributed by atoms with E-state index >= 15 is 0 Å². The Labute approximate surface area is 69.6 Å². The number of rotatable bonds is 3. The second-order valence-electron chi connectivity index (χ2n) is 2.26. The molecule has 3 nitrogen and oxygen atoms in total. The van der Waals surface area contributed by atoms with Crippen LogP contribution in [0.3, 0.4) is 0 Å². The number of benzene rings is 1. The molecule has 0 saturated carbocycles. The molecule has 0 amide bonds. The van der Waals surface area contributed by atoms with Crippen molar-refractivity contribution in [1.82, 2.24) is 0 Å². The maximum atomic E-state index is 10.2. The average Bonchev–Trinajstić information content (AvgIpc) is 2.10. The highest BCUT2D eigenvalue weighted by molar-refractivity contribution is 5.85. The number of carbonyl (C=O) groups excluding carboxylic acids is 2. The zero-order valence-electron chi connectivity index (χ0n) is 6.15.